The van der Waals surface area contributed by atoms with E-state index in [1.165, 1.54) is 4.88 Å². The van der Waals surface area contributed by atoms with E-state index in [9.17, 15) is 0 Å². The standard InChI is InChI=1S/C15H22N4OS/c1-5-11-6-12-13(17-15(16-4)18-14(12)21-11)19-7-9(2)20-10(3)8-19/h6,9-10H,5,7-8H2,1-4H3,(H,16,17,18)/t9-,10+. The lowest BCUT2D eigenvalue weighted by molar-refractivity contribution is -0.00536. The van der Waals surface area contributed by atoms with E-state index in [1.54, 1.807) is 11.3 Å². The summed E-state index contributed by atoms with van der Waals surface area (Å²) in [4.78, 5) is 14.1. The van der Waals surface area contributed by atoms with Gasteiger partial charge in [0.1, 0.15) is 10.6 Å². The third-order valence-electron chi connectivity index (χ3n) is 3.71. The van der Waals surface area contributed by atoms with Crippen molar-refractivity contribution in [3.8, 4) is 0 Å². The van der Waals surface area contributed by atoms with Crippen molar-refractivity contribution in [2.24, 2.45) is 0 Å². The second kappa shape index (κ2) is 5.77. The molecule has 0 radical (unpaired) electrons. The van der Waals surface area contributed by atoms with Crippen LogP contribution in [0, 0.1) is 0 Å². The third-order valence-corrected chi connectivity index (χ3v) is 4.89. The molecular formula is C15H22N4OS. The minimum absolute atomic E-state index is 0.223. The molecule has 3 heterocycles. The van der Waals surface area contributed by atoms with Crippen molar-refractivity contribution in [3.63, 3.8) is 0 Å². The van der Waals surface area contributed by atoms with Crippen LogP contribution in [0.2, 0.25) is 0 Å². The Morgan fingerprint density at radius 2 is 2.05 bits per heavy atom. The molecule has 0 bridgehead atoms. The molecule has 0 amide bonds. The highest BCUT2D eigenvalue weighted by Crippen LogP contribution is 2.33. The van der Waals surface area contributed by atoms with Crippen molar-refractivity contribution in [2.75, 3.05) is 30.4 Å². The Kier molecular flexibility index (Phi) is 3.99. The number of nitrogens with zero attached hydrogens (tertiary/aromatic N) is 3. The van der Waals surface area contributed by atoms with Crippen molar-refractivity contribution >= 4 is 33.3 Å². The monoisotopic (exact) mass is 306 g/mol. The van der Waals surface area contributed by atoms with Gasteiger partial charge in [-0.2, -0.15) is 4.98 Å². The van der Waals surface area contributed by atoms with E-state index in [0.717, 1.165) is 35.5 Å². The summed E-state index contributed by atoms with van der Waals surface area (Å²) in [6.07, 6.45) is 1.48. The minimum Gasteiger partial charge on any atom is -0.372 e. The van der Waals surface area contributed by atoms with E-state index in [-0.39, 0.29) is 12.2 Å². The number of aryl methyl sites for hydroxylation is 1. The fourth-order valence-electron chi connectivity index (χ4n) is 2.83. The molecule has 0 saturated carbocycles. The first-order chi connectivity index (χ1) is 10.1. The van der Waals surface area contributed by atoms with Gasteiger partial charge >= 0.3 is 0 Å². The maximum atomic E-state index is 5.83. The summed E-state index contributed by atoms with van der Waals surface area (Å²) in [7, 11) is 1.86. The average molecular weight is 306 g/mol. The molecule has 0 spiro atoms. The van der Waals surface area contributed by atoms with Gasteiger partial charge in [0.05, 0.1) is 17.6 Å². The lowest BCUT2D eigenvalue weighted by Gasteiger charge is -2.36. The molecule has 2 aromatic rings. The van der Waals surface area contributed by atoms with Crippen molar-refractivity contribution in [1.29, 1.82) is 0 Å². The van der Waals surface area contributed by atoms with Crippen LogP contribution in [0.15, 0.2) is 6.07 Å². The molecule has 21 heavy (non-hydrogen) atoms. The van der Waals surface area contributed by atoms with Gasteiger partial charge in [-0.15, -0.1) is 11.3 Å². The lowest BCUT2D eigenvalue weighted by atomic mass is 10.2. The predicted octanol–water partition coefficient (Wildman–Crippen LogP) is 2.91. The highest BCUT2D eigenvalue weighted by atomic mass is 32.1. The third kappa shape index (κ3) is 2.82. The smallest absolute Gasteiger partial charge is 0.225 e. The van der Waals surface area contributed by atoms with Crippen LogP contribution < -0.4 is 10.2 Å². The van der Waals surface area contributed by atoms with Gasteiger partial charge < -0.3 is 15.0 Å². The first kappa shape index (κ1) is 14.5. The molecule has 1 aliphatic heterocycles. The van der Waals surface area contributed by atoms with Crippen LogP contribution in [0.25, 0.3) is 10.2 Å². The molecule has 114 valence electrons. The van der Waals surface area contributed by atoms with Gasteiger partial charge in [-0.1, -0.05) is 6.92 Å². The van der Waals surface area contributed by atoms with E-state index in [2.05, 4.69) is 42.0 Å². The second-order valence-corrected chi connectivity index (χ2v) is 6.68. The van der Waals surface area contributed by atoms with Crippen LogP contribution in [0.1, 0.15) is 25.6 Å². The summed E-state index contributed by atoms with van der Waals surface area (Å²) in [5, 5.41) is 4.24. The molecule has 0 unspecified atom stereocenters. The zero-order chi connectivity index (χ0) is 15.0. The number of ether oxygens (including phenoxy) is 1. The number of thiophene rings is 1. The fourth-order valence-corrected chi connectivity index (χ4v) is 3.80. The zero-order valence-electron chi connectivity index (χ0n) is 13.0. The molecule has 5 nitrogen and oxygen atoms in total. The quantitative estimate of drug-likeness (QED) is 0.945. The first-order valence-corrected chi connectivity index (χ1v) is 8.31. The van der Waals surface area contributed by atoms with Crippen LogP contribution in [0.4, 0.5) is 11.8 Å². The average Bonchev–Trinajstić information content (AvgIpc) is 2.87. The largest absolute Gasteiger partial charge is 0.372 e. The van der Waals surface area contributed by atoms with Gasteiger partial charge in [0, 0.05) is 25.0 Å². The number of morpholine rings is 1. The Hall–Kier alpha value is -1.40. The summed E-state index contributed by atoms with van der Waals surface area (Å²) in [6.45, 7) is 8.15. The Labute approximate surface area is 129 Å². The highest BCUT2D eigenvalue weighted by Gasteiger charge is 2.25. The van der Waals surface area contributed by atoms with Gasteiger partial charge in [-0.25, -0.2) is 4.98 Å². The summed E-state index contributed by atoms with van der Waals surface area (Å²) >= 11 is 1.76. The van der Waals surface area contributed by atoms with Crippen molar-refractivity contribution in [3.05, 3.63) is 10.9 Å². The van der Waals surface area contributed by atoms with E-state index in [4.69, 9.17) is 9.72 Å². The summed E-state index contributed by atoms with van der Waals surface area (Å²) in [5.41, 5.74) is 0. The molecule has 2 aromatic heterocycles. The number of anilines is 2. The molecule has 1 aliphatic rings. The first-order valence-electron chi connectivity index (χ1n) is 7.49. The molecule has 1 fully saturated rings. The maximum Gasteiger partial charge on any atom is 0.225 e. The predicted molar refractivity (Wildman–Crippen MR) is 88.6 cm³/mol. The van der Waals surface area contributed by atoms with E-state index < -0.39 is 0 Å². The van der Waals surface area contributed by atoms with E-state index in [0.29, 0.717) is 5.95 Å². The number of rotatable bonds is 3. The summed E-state index contributed by atoms with van der Waals surface area (Å²) in [5.74, 6) is 1.72. The second-order valence-electron chi connectivity index (χ2n) is 5.57. The molecule has 6 heteroatoms. The van der Waals surface area contributed by atoms with Gasteiger partial charge in [0.2, 0.25) is 5.95 Å². The van der Waals surface area contributed by atoms with Gasteiger partial charge in [0.15, 0.2) is 0 Å². The molecule has 3 rings (SSSR count). The van der Waals surface area contributed by atoms with Crippen LogP contribution in [-0.2, 0) is 11.2 Å². The number of fused-ring (bicyclic) bond motifs is 1. The van der Waals surface area contributed by atoms with Crippen LogP contribution in [0.5, 0.6) is 0 Å². The van der Waals surface area contributed by atoms with Crippen LogP contribution in [0.3, 0.4) is 0 Å². The number of hydrogen-bond acceptors (Lipinski definition) is 6. The van der Waals surface area contributed by atoms with Crippen LogP contribution >= 0.6 is 11.3 Å². The minimum atomic E-state index is 0.223. The van der Waals surface area contributed by atoms with Crippen LogP contribution in [-0.4, -0.2) is 42.3 Å². The molecule has 1 N–H and O–H groups in total. The van der Waals surface area contributed by atoms with E-state index in [1.807, 2.05) is 7.05 Å². The van der Waals surface area contributed by atoms with Crippen molar-refractivity contribution < 1.29 is 4.74 Å². The molecule has 2 atom stereocenters. The number of aromatic nitrogens is 2. The highest BCUT2D eigenvalue weighted by molar-refractivity contribution is 7.18. The lowest BCUT2D eigenvalue weighted by Crippen LogP contribution is -2.46. The molecule has 0 aliphatic carbocycles. The van der Waals surface area contributed by atoms with Crippen molar-refractivity contribution in [2.45, 2.75) is 39.4 Å². The van der Waals surface area contributed by atoms with E-state index >= 15 is 0 Å². The maximum absolute atomic E-state index is 5.83. The number of nitrogens with one attached hydrogen (secondary N) is 1. The Morgan fingerprint density at radius 1 is 1.33 bits per heavy atom. The Balaban J connectivity index is 2.08. The SMILES string of the molecule is CCc1cc2c(N3C[C@@H](C)O[C@@H](C)C3)nc(NC)nc2s1. The van der Waals surface area contributed by atoms with Gasteiger partial charge in [-0.05, 0) is 26.3 Å². The Bertz CT molecular complexity index is 632. The fraction of sp³-hybridized carbons (Fsp3) is 0.600. The normalized spacial score (nSPS) is 22.8. The summed E-state index contributed by atoms with van der Waals surface area (Å²) < 4.78 is 5.83. The Morgan fingerprint density at radius 3 is 2.67 bits per heavy atom. The molecule has 1 saturated heterocycles. The molecule has 0 aromatic carbocycles. The van der Waals surface area contributed by atoms with Gasteiger partial charge in [-0.3, -0.25) is 0 Å². The zero-order valence-corrected chi connectivity index (χ0v) is 13.8. The number of hydrogen-bond donors (Lipinski definition) is 1. The molecular weight excluding hydrogens is 284 g/mol. The van der Waals surface area contributed by atoms with Gasteiger partial charge in [0.25, 0.3) is 0 Å². The summed E-state index contributed by atoms with van der Waals surface area (Å²) in [6, 6.07) is 2.24. The topological polar surface area (TPSA) is 50.3 Å². The van der Waals surface area contributed by atoms with Crippen molar-refractivity contribution in [1.82, 2.24) is 9.97 Å².